The van der Waals surface area contributed by atoms with Crippen molar-refractivity contribution < 1.29 is 19.4 Å². The molecular weight excluding hydrogens is 321 g/mol. The van der Waals surface area contributed by atoms with Crippen LogP contribution in [-0.2, 0) is 16.6 Å². The minimum atomic E-state index is -1.25. The first-order chi connectivity index (χ1) is 11.7. The number of carbonyl (C=O) groups is 1. The SMILES string of the molecule is CC(C)(C#N)c1ccc(CCC(O)(CC(=O)O)C2CCCC2)cc1F. The molecule has 1 atom stereocenters. The molecule has 2 rings (SSSR count). The predicted octanol–water partition coefficient (Wildman–Crippen LogP) is 3.96. The Morgan fingerprint density at radius 1 is 1.36 bits per heavy atom. The van der Waals surface area contributed by atoms with Crippen LogP contribution in [0, 0.1) is 23.1 Å². The normalized spacial score (nSPS) is 17.9. The number of hydrogen-bond donors (Lipinski definition) is 2. The van der Waals surface area contributed by atoms with E-state index in [1.807, 2.05) is 0 Å². The van der Waals surface area contributed by atoms with Crippen molar-refractivity contribution >= 4 is 5.97 Å². The zero-order chi connectivity index (χ0) is 18.7. The van der Waals surface area contributed by atoms with Gasteiger partial charge in [0.15, 0.2) is 0 Å². The fourth-order valence-corrected chi connectivity index (χ4v) is 3.80. The van der Waals surface area contributed by atoms with Crippen molar-refractivity contribution in [3.05, 3.63) is 35.1 Å². The highest BCUT2D eigenvalue weighted by Gasteiger charge is 2.39. The van der Waals surface area contributed by atoms with E-state index in [2.05, 4.69) is 6.07 Å². The van der Waals surface area contributed by atoms with Crippen molar-refractivity contribution in [3.63, 3.8) is 0 Å². The lowest BCUT2D eigenvalue weighted by Crippen LogP contribution is -2.39. The summed E-state index contributed by atoms with van der Waals surface area (Å²) >= 11 is 0. The summed E-state index contributed by atoms with van der Waals surface area (Å²) in [6.45, 7) is 3.33. The van der Waals surface area contributed by atoms with E-state index in [0.717, 1.165) is 25.7 Å². The van der Waals surface area contributed by atoms with Crippen LogP contribution in [0.5, 0.6) is 0 Å². The fraction of sp³-hybridized carbons (Fsp3) is 0.600. The van der Waals surface area contributed by atoms with Crippen molar-refractivity contribution in [3.8, 4) is 6.07 Å². The number of nitriles is 1. The van der Waals surface area contributed by atoms with Gasteiger partial charge in [0.05, 0.1) is 23.5 Å². The van der Waals surface area contributed by atoms with Crippen LogP contribution in [0.2, 0.25) is 0 Å². The van der Waals surface area contributed by atoms with Crippen LogP contribution in [0.3, 0.4) is 0 Å². The summed E-state index contributed by atoms with van der Waals surface area (Å²) in [6, 6.07) is 6.85. The van der Waals surface area contributed by atoms with E-state index in [9.17, 15) is 14.3 Å². The molecule has 0 aromatic heterocycles. The first-order valence-corrected chi connectivity index (χ1v) is 8.82. The van der Waals surface area contributed by atoms with E-state index >= 15 is 0 Å². The highest BCUT2D eigenvalue weighted by molar-refractivity contribution is 5.68. The molecule has 5 heteroatoms. The van der Waals surface area contributed by atoms with Crippen molar-refractivity contribution in [1.82, 2.24) is 0 Å². The van der Waals surface area contributed by atoms with Crippen LogP contribution in [0.15, 0.2) is 18.2 Å². The molecule has 0 spiro atoms. The number of carboxylic acid groups (broad SMARTS) is 1. The third-order valence-electron chi connectivity index (χ3n) is 5.41. The Hall–Kier alpha value is -1.93. The molecular formula is C20H26FNO3. The molecule has 0 bridgehead atoms. The lowest BCUT2D eigenvalue weighted by molar-refractivity contribution is -0.145. The molecule has 1 aromatic carbocycles. The summed E-state index contributed by atoms with van der Waals surface area (Å²) in [6.07, 6.45) is 4.13. The van der Waals surface area contributed by atoms with Gasteiger partial charge in [0.2, 0.25) is 0 Å². The molecule has 25 heavy (non-hydrogen) atoms. The van der Waals surface area contributed by atoms with Gasteiger partial charge in [-0.1, -0.05) is 25.0 Å². The highest BCUT2D eigenvalue weighted by Crippen LogP contribution is 2.39. The molecule has 4 nitrogen and oxygen atoms in total. The zero-order valence-corrected chi connectivity index (χ0v) is 14.9. The third-order valence-corrected chi connectivity index (χ3v) is 5.41. The Morgan fingerprint density at radius 2 is 2.00 bits per heavy atom. The third kappa shape index (κ3) is 4.58. The van der Waals surface area contributed by atoms with E-state index in [1.165, 1.54) is 6.07 Å². The van der Waals surface area contributed by atoms with Crippen molar-refractivity contribution in [2.45, 2.75) is 69.8 Å². The Labute approximate surface area is 148 Å². The molecule has 1 unspecified atom stereocenters. The molecule has 1 aromatic rings. The summed E-state index contributed by atoms with van der Waals surface area (Å²) in [4.78, 5) is 11.2. The maximum absolute atomic E-state index is 14.4. The van der Waals surface area contributed by atoms with Crippen LogP contribution >= 0.6 is 0 Å². The van der Waals surface area contributed by atoms with Crippen LogP contribution in [0.4, 0.5) is 4.39 Å². The smallest absolute Gasteiger partial charge is 0.306 e. The van der Waals surface area contributed by atoms with Crippen molar-refractivity contribution in [2.75, 3.05) is 0 Å². The number of hydrogen-bond acceptors (Lipinski definition) is 3. The first-order valence-electron chi connectivity index (χ1n) is 8.82. The van der Waals surface area contributed by atoms with Gasteiger partial charge in [-0.15, -0.1) is 0 Å². The second kappa shape index (κ2) is 7.53. The average molecular weight is 347 g/mol. The molecule has 2 N–H and O–H groups in total. The summed E-state index contributed by atoms with van der Waals surface area (Å²) in [5.41, 5.74) is -1.10. The molecule has 1 saturated carbocycles. The Morgan fingerprint density at radius 3 is 2.52 bits per heavy atom. The van der Waals surface area contributed by atoms with E-state index in [0.29, 0.717) is 24.0 Å². The van der Waals surface area contributed by atoms with Gasteiger partial charge < -0.3 is 10.2 Å². The maximum Gasteiger partial charge on any atom is 0.306 e. The lowest BCUT2D eigenvalue weighted by atomic mass is 9.78. The molecule has 0 heterocycles. The molecule has 0 saturated heterocycles. The van der Waals surface area contributed by atoms with Gasteiger partial charge in [-0.05, 0) is 57.1 Å². The van der Waals surface area contributed by atoms with Gasteiger partial charge in [0, 0.05) is 5.56 Å². The molecule has 1 aliphatic carbocycles. The number of halogens is 1. The van der Waals surface area contributed by atoms with Gasteiger partial charge in [-0.2, -0.15) is 5.26 Å². The van der Waals surface area contributed by atoms with Gasteiger partial charge in [-0.25, -0.2) is 4.39 Å². The second-order valence-corrected chi connectivity index (χ2v) is 7.71. The predicted molar refractivity (Wildman–Crippen MR) is 92.5 cm³/mol. The fourth-order valence-electron chi connectivity index (χ4n) is 3.80. The number of aliphatic hydroxyl groups is 1. The number of aliphatic carboxylic acids is 1. The Kier molecular flexibility index (Phi) is 5.84. The second-order valence-electron chi connectivity index (χ2n) is 7.71. The van der Waals surface area contributed by atoms with Crippen LogP contribution in [0.25, 0.3) is 0 Å². The minimum absolute atomic E-state index is 0.00903. The molecule has 0 radical (unpaired) electrons. The molecule has 1 fully saturated rings. The quantitative estimate of drug-likeness (QED) is 0.782. The van der Waals surface area contributed by atoms with Gasteiger partial charge in [0.1, 0.15) is 5.82 Å². The van der Waals surface area contributed by atoms with Crippen LogP contribution in [0.1, 0.15) is 63.5 Å². The molecule has 0 amide bonds. The summed E-state index contributed by atoms with van der Waals surface area (Å²) in [5, 5.41) is 29.2. The number of benzene rings is 1. The van der Waals surface area contributed by atoms with Crippen molar-refractivity contribution in [2.24, 2.45) is 5.92 Å². The van der Waals surface area contributed by atoms with Gasteiger partial charge in [-0.3, -0.25) is 4.79 Å². The number of carboxylic acids is 1. The number of aryl methyl sites for hydroxylation is 1. The largest absolute Gasteiger partial charge is 0.481 e. The monoisotopic (exact) mass is 347 g/mol. The first kappa shape index (κ1) is 19.4. The lowest BCUT2D eigenvalue weighted by Gasteiger charge is -2.33. The highest BCUT2D eigenvalue weighted by atomic mass is 19.1. The van der Waals surface area contributed by atoms with E-state index < -0.39 is 22.8 Å². The maximum atomic E-state index is 14.4. The van der Waals surface area contributed by atoms with Gasteiger partial charge >= 0.3 is 5.97 Å². The molecule has 1 aliphatic rings. The number of rotatable bonds is 7. The zero-order valence-electron chi connectivity index (χ0n) is 14.9. The molecule has 0 aliphatic heterocycles. The average Bonchev–Trinajstić information content (AvgIpc) is 3.07. The standard InChI is InChI=1S/C20H26FNO3/c1-19(2,13-22)16-8-7-14(11-17(16)21)9-10-20(25,12-18(23)24)15-5-3-4-6-15/h7-8,11,15,25H,3-6,9-10,12H2,1-2H3,(H,23,24). The Balaban J connectivity index is 2.14. The topological polar surface area (TPSA) is 81.3 Å². The van der Waals surface area contributed by atoms with Crippen LogP contribution < -0.4 is 0 Å². The van der Waals surface area contributed by atoms with Gasteiger partial charge in [0.25, 0.3) is 0 Å². The summed E-state index contributed by atoms with van der Waals surface area (Å²) in [7, 11) is 0. The Bertz CT molecular complexity index is 674. The van der Waals surface area contributed by atoms with E-state index in [1.54, 1.807) is 26.0 Å². The summed E-state index contributed by atoms with van der Waals surface area (Å²) in [5.74, 6) is -1.45. The van der Waals surface area contributed by atoms with Crippen LogP contribution in [-0.4, -0.2) is 21.8 Å². The summed E-state index contributed by atoms with van der Waals surface area (Å²) < 4.78 is 14.4. The van der Waals surface area contributed by atoms with E-state index in [4.69, 9.17) is 10.4 Å². The minimum Gasteiger partial charge on any atom is -0.481 e. The van der Waals surface area contributed by atoms with Crippen molar-refractivity contribution in [1.29, 1.82) is 5.26 Å². The number of nitrogens with zero attached hydrogens (tertiary/aromatic N) is 1. The van der Waals surface area contributed by atoms with E-state index in [-0.39, 0.29) is 12.3 Å². The molecule has 136 valence electrons.